The summed E-state index contributed by atoms with van der Waals surface area (Å²) in [5, 5.41) is 0. The van der Waals surface area contributed by atoms with E-state index in [9.17, 15) is 8.78 Å². The molecule has 1 saturated carbocycles. The van der Waals surface area contributed by atoms with E-state index in [1.807, 2.05) is 0 Å². The van der Waals surface area contributed by atoms with Crippen molar-refractivity contribution in [3.8, 4) is 11.1 Å². The molecule has 2 aromatic rings. The van der Waals surface area contributed by atoms with Crippen molar-refractivity contribution in [3.63, 3.8) is 0 Å². The monoisotopic (exact) mass is 354 g/mol. The van der Waals surface area contributed by atoms with Gasteiger partial charge in [-0.25, -0.2) is 8.78 Å². The molecule has 0 nitrogen and oxygen atoms in total. The molecule has 0 amide bonds. The average molecular weight is 354 g/mol. The van der Waals surface area contributed by atoms with Crippen LogP contribution in [-0.4, -0.2) is 0 Å². The lowest BCUT2D eigenvalue weighted by atomic mass is 9.69. The van der Waals surface area contributed by atoms with Gasteiger partial charge in [0, 0.05) is 0 Å². The maximum atomic E-state index is 13.5. The van der Waals surface area contributed by atoms with E-state index in [2.05, 4.69) is 25.1 Å². The highest BCUT2D eigenvalue weighted by atomic mass is 19.2. The van der Waals surface area contributed by atoms with Crippen molar-refractivity contribution >= 4 is 0 Å². The number of hydrogen-bond acceptors (Lipinski definition) is 0. The lowest BCUT2D eigenvalue weighted by Gasteiger charge is -2.36. The first-order chi connectivity index (χ1) is 12.6. The Kier molecular flexibility index (Phi) is 5.11. The molecule has 2 aromatic carbocycles. The fraction of sp³-hybridized carbons (Fsp3) is 0.500. The molecule has 2 aliphatic rings. The largest absolute Gasteiger partial charge is 0.204 e. The second kappa shape index (κ2) is 7.50. The molecule has 138 valence electrons. The topological polar surface area (TPSA) is 0 Å². The van der Waals surface area contributed by atoms with Gasteiger partial charge in [-0.15, -0.1) is 0 Å². The Morgan fingerprint density at radius 3 is 2.23 bits per heavy atom. The van der Waals surface area contributed by atoms with E-state index in [4.69, 9.17) is 0 Å². The summed E-state index contributed by atoms with van der Waals surface area (Å²) in [4.78, 5) is 0. The Hall–Kier alpha value is -1.70. The molecule has 0 spiro atoms. The van der Waals surface area contributed by atoms with Crippen molar-refractivity contribution < 1.29 is 8.78 Å². The smallest absolute Gasteiger partial charge is 0.159 e. The van der Waals surface area contributed by atoms with Crippen LogP contribution in [0.15, 0.2) is 36.4 Å². The summed E-state index contributed by atoms with van der Waals surface area (Å²) in [6.07, 6.45) is 10.6. The Labute approximate surface area is 155 Å². The van der Waals surface area contributed by atoms with Gasteiger partial charge >= 0.3 is 0 Å². The van der Waals surface area contributed by atoms with Gasteiger partial charge in [0.15, 0.2) is 11.6 Å². The van der Waals surface area contributed by atoms with E-state index in [1.54, 1.807) is 6.07 Å². The summed E-state index contributed by atoms with van der Waals surface area (Å²) < 4.78 is 26.7. The van der Waals surface area contributed by atoms with Crippen LogP contribution in [0.4, 0.5) is 8.78 Å². The minimum Gasteiger partial charge on any atom is -0.204 e. The zero-order chi connectivity index (χ0) is 18.1. The molecule has 0 saturated heterocycles. The van der Waals surface area contributed by atoms with E-state index in [1.165, 1.54) is 68.2 Å². The summed E-state index contributed by atoms with van der Waals surface area (Å²) in [5.74, 6) is 1.13. The summed E-state index contributed by atoms with van der Waals surface area (Å²) >= 11 is 0. The Balaban J connectivity index is 1.48. The normalized spacial score (nSPS) is 25.7. The molecule has 1 atom stereocenters. The van der Waals surface area contributed by atoms with Gasteiger partial charge in [-0.05, 0) is 84.2 Å². The molecule has 2 heteroatoms. The number of benzene rings is 2. The van der Waals surface area contributed by atoms with Crippen molar-refractivity contribution in [3.05, 3.63) is 59.2 Å². The fourth-order valence-corrected chi connectivity index (χ4v) is 5.11. The van der Waals surface area contributed by atoms with Gasteiger partial charge in [-0.2, -0.15) is 0 Å². The van der Waals surface area contributed by atoms with Crippen molar-refractivity contribution in [1.29, 1.82) is 0 Å². The maximum Gasteiger partial charge on any atom is 0.159 e. The summed E-state index contributed by atoms with van der Waals surface area (Å²) in [5.41, 5.74) is 4.60. The predicted molar refractivity (Wildman–Crippen MR) is 103 cm³/mol. The van der Waals surface area contributed by atoms with Crippen LogP contribution in [0.2, 0.25) is 0 Å². The van der Waals surface area contributed by atoms with Crippen LogP contribution in [-0.2, 0) is 12.8 Å². The molecule has 4 rings (SSSR count). The van der Waals surface area contributed by atoms with E-state index < -0.39 is 11.6 Å². The molecule has 0 aliphatic heterocycles. The molecule has 0 N–H and O–H groups in total. The summed E-state index contributed by atoms with van der Waals surface area (Å²) in [6, 6.07) is 10.7. The third-order valence-electron chi connectivity index (χ3n) is 6.86. The first-order valence-electron chi connectivity index (χ1n) is 10.2. The fourth-order valence-electron chi connectivity index (χ4n) is 5.11. The van der Waals surface area contributed by atoms with Gasteiger partial charge in [-0.1, -0.05) is 50.5 Å². The molecule has 0 aromatic heterocycles. The van der Waals surface area contributed by atoms with Crippen molar-refractivity contribution in [2.24, 2.45) is 17.8 Å². The molecule has 26 heavy (non-hydrogen) atoms. The minimum absolute atomic E-state index is 0.756. The Morgan fingerprint density at radius 1 is 0.769 bits per heavy atom. The Morgan fingerprint density at radius 2 is 1.50 bits per heavy atom. The van der Waals surface area contributed by atoms with E-state index in [-0.39, 0.29) is 0 Å². The number of aryl methyl sites for hydroxylation is 1. The van der Waals surface area contributed by atoms with Crippen molar-refractivity contribution in [1.82, 2.24) is 0 Å². The lowest BCUT2D eigenvalue weighted by molar-refractivity contribution is 0.187. The van der Waals surface area contributed by atoms with Crippen LogP contribution in [0.5, 0.6) is 0 Å². The van der Waals surface area contributed by atoms with Crippen LogP contribution in [0.25, 0.3) is 11.1 Å². The molecule has 2 aliphatic carbocycles. The van der Waals surface area contributed by atoms with Crippen LogP contribution in [0.1, 0.15) is 56.6 Å². The molecule has 0 bridgehead atoms. The van der Waals surface area contributed by atoms with Crippen molar-refractivity contribution in [2.45, 2.75) is 58.3 Å². The first kappa shape index (κ1) is 17.7. The molecule has 0 heterocycles. The van der Waals surface area contributed by atoms with Crippen LogP contribution in [0, 0.1) is 29.4 Å². The number of halogens is 2. The predicted octanol–water partition coefficient (Wildman–Crippen LogP) is 6.95. The second-order valence-electron chi connectivity index (χ2n) is 8.30. The SMILES string of the molecule is CCC1CCC(C2CCc3cc(-c4ccc(F)c(F)c4)ccc3C2)CC1. The molecule has 0 radical (unpaired) electrons. The standard InChI is InChI=1S/C24H28F2/c1-2-16-3-5-17(6-4-16)18-7-8-20-14-21(10-9-19(20)13-18)22-11-12-23(25)24(26)15-22/h9-12,14-18H,2-8,13H2,1H3. The summed E-state index contributed by atoms with van der Waals surface area (Å²) in [7, 11) is 0. The molecular weight excluding hydrogens is 326 g/mol. The van der Waals surface area contributed by atoms with Crippen LogP contribution < -0.4 is 0 Å². The third kappa shape index (κ3) is 3.56. The number of hydrogen-bond donors (Lipinski definition) is 0. The van der Waals surface area contributed by atoms with E-state index in [0.29, 0.717) is 0 Å². The van der Waals surface area contributed by atoms with E-state index in [0.717, 1.165) is 35.3 Å². The van der Waals surface area contributed by atoms with Gasteiger partial charge in [0.2, 0.25) is 0 Å². The Bertz CT molecular complexity index is 772. The van der Waals surface area contributed by atoms with Gasteiger partial charge < -0.3 is 0 Å². The highest BCUT2D eigenvalue weighted by Crippen LogP contribution is 2.40. The van der Waals surface area contributed by atoms with Crippen molar-refractivity contribution in [2.75, 3.05) is 0 Å². The number of fused-ring (bicyclic) bond motifs is 1. The highest BCUT2D eigenvalue weighted by Gasteiger charge is 2.29. The molecular formula is C24H28F2. The highest BCUT2D eigenvalue weighted by molar-refractivity contribution is 5.65. The van der Waals surface area contributed by atoms with Gasteiger partial charge in [-0.3, -0.25) is 0 Å². The zero-order valence-corrected chi connectivity index (χ0v) is 15.6. The van der Waals surface area contributed by atoms with Crippen LogP contribution >= 0.6 is 0 Å². The zero-order valence-electron chi connectivity index (χ0n) is 15.6. The van der Waals surface area contributed by atoms with Crippen LogP contribution in [0.3, 0.4) is 0 Å². The average Bonchev–Trinajstić information content (AvgIpc) is 2.69. The summed E-state index contributed by atoms with van der Waals surface area (Å²) in [6.45, 7) is 2.33. The molecule has 1 fully saturated rings. The quantitative estimate of drug-likeness (QED) is 0.559. The lowest BCUT2D eigenvalue weighted by Crippen LogP contribution is -2.26. The number of rotatable bonds is 3. The van der Waals surface area contributed by atoms with E-state index >= 15 is 0 Å². The van der Waals surface area contributed by atoms with Gasteiger partial charge in [0.25, 0.3) is 0 Å². The van der Waals surface area contributed by atoms with Gasteiger partial charge in [0.05, 0.1) is 0 Å². The maximum absolute atomic E-state index is 13.5. The minimum atomic E-state index is -0.785. The third-order valence-corrected chi connectivity index (χ3v) is 6.86. The second-order valence-corrected chi connectivity index (χ2v) is 8.30. The molecule has 1 unspecified atom stereocenters. The first-order valence-corrected chi connectivity index (χ1v) is 10.2. The van der Waals surface area contributed by atoms with Gasteiger partial charge in [0.1, 0.15) is 0 Å².